The molecule has 3 nitrogen and oxygen atoms in total. The summed E-state index contributed by atoms with van der Waals surface area (Å²) in [6.07, 6.45) is -1.95. The van der Waals surface area contributed by atoms with Crippen LogP contribution in [0.25, 0.3) is 0 Å². The van der Waals surface area contributed by atoms with E-state index >= 15 is 0 Å². The van der Waals surface area contributed by atoms with Crippen molar-refractivity contribution in [3.63, 3.8) is 0 Å². The van der Waals surface area contributed by atoms with Crippen molar-refractivity contribution < 1.29 is 22.4 Å². The molecule has 0 aromatic heterocycles. The number of amides is 1. The minimum atomic E-state index is -4.21. The van der Waals surface area contributed by atoms with Crippen LogP contribution >= 0.6 is 0 Å². The second-order valence-corrected chi connectivity index (χ2v) is 3.53. The van der Waals surface area contributed by atoms with E-state index in [0.29, 0.717) is 12.8 Å². The molecule has 7 heteroatoms. The highest BCUT2D eigenvalue weighted by Gasteiger charge is 2.41. The van der Waals surface area contributed by atoms with Gasteiger partial charge in [0.1, 0.15) is 0 Å². The molecule has 0 fully saturated rings. The molecule has 0 bridgehead atoms. The lowest BCUT2D eigenvalue weighted by molar-refractivity contribution is -0.137. The maximum absolute atomic E-state index is 12.4. The smallest absolute Gasteiger partial charge is 0.324 e. The number of hydrogen-bond donors (Lipinski definition) is 2. The molecule has 0 aromatic rings. The van der Waals surface area contributed by atoms with Crippen molar-refractivity contribution >= 4 is 5.91 Å². The van der Waals surface area contributed by atoms with Crippen LogP contribution in [0.4, 0.5) is 17.6 Å². The largest absolute Gasteiger partial charge is 0.348 e. The molecular weight excluding hydrogens is 228 g/mol. The Morgan fingerprint density at radius 3 is 2.44 bits per heavy atom. The highest BCUT2D eigenvalue weighted by atomic mass is 19.3. The Bertz CT molecular complexity index is 224. The minimum absolute atomic E-state index is 0.350. The van der Waals surface area contributed by atoms with Crippen LogP contribution in [0.3, 0.4) is 0 Å². The van der Waals surface area contributed by atoms with Crippen molar-refractivity contribution in [3.05, 3.63) is 0 Å². The summed E-state index contributed by atoms with van der Waals surface area (Å²) in [5.74, 6) is -5.03. The zero-order valence-corrected chi connectivity index (χ0v) is 8.98. The van der Waals surface area contributed by atoms with Gasteiger partial charge in [0, 0.05) is 0 Å². The van der Waals surface area contributed by atoms with E-state index in [1.807, 2.05) is 6.92 Å². The van der Waals surface area contributed by atoms with E-state index in [-0.39, 0.29) is 0 Å². The fraction of sp³-hybridized carbons (Fsp3) is 0.889. The summed E-state index contributed by atoms with van der Waals surface area (Å²) in [5, 5.41) is 1.72. The lowest BCUT2D eigenvalue weighted by atomic mass is 10.1. The monoisotopic (exact) mass is 244 g/mol. The molecule has 1 atom stereocenters. The highest BCUT2D eigenvalue weighted by molar-refractivity contribution is 5.81. The van der Waals surface area contributed by atoms with Crippen LogP contribution in [0.5, 0.6) is 0 Å². The van der Waals surface area contributed by atoms with Crippen LogP contribution in [0, 0.1) is 0 Å². The lowest BCUT2D eigenvalue weighted by Crippen LogP contribution is -2.47. The molecule has 0 saturated carbocycles. The second kappa shape index (κ2) is 6.67. The summed E-state index contributed by atoms with van der Waals surface area (Å²) >= 11 is 0. The van der Waals surface area contributed by atoms with Crippen molar-refractivity contribution in [2.24, 2.45) is 5.73 Å². The van der Waals surface area contributed by atoms with Gasteiger partial charge in [0.2, 0.25) is 5.91 Å². The molecule has 0 unspecified atom stereocenters. The van der Waals surface area contributed by atoms with Crippen molar-refractivity contribution in [1.82, 2.24) is 5.32 Å². The first-order valence-electron chi connectivity index (χ1n) is 5.00. The van der Waals surface area contributed by atoms with Crippen LogP contribution in [0.2, 0.25) is 0 Å². The van der Waals surface area contributed by atoms with Gasteiger partial charge >= 0.3 is 12.3 Å². The molecule has 0 heterocycles. The first-order chi connectivity index (χ1) is 7.31. The van der Waals surface area contributed by atoms with Gasteiger partial charge in [0.25, 0.3) is 0 Å². The van der Waals surface area contributed by atoms with Crippen molar-refractivity contribution in [2.45, 2.75) is 44.6 Å². The first-order valence-corrected chi connectivity index (χ1v) is 5.00. The number of halogens is 4. The van der Waals surface area contributed by atoms with Crippen molar-refractivity contribution in [1.29, 1.82) is 0 Å². The normalized spacial score (nSPS) is 13.9. The maximum atomic E-state index is 12.4. The average molecular weight is 244 g/mol. The molecule has 0 saturated heterocycles. The fourth-order valence-electron chi connectivity index (χ4n) is 0.968. The molecule has 0 aliphatic rings. The van der Waals surface area contributed by atoms with E-state index in [0.717, 1.165) is 6.42 Å². The Labute approximate surface area is 91.4 Å². The number of unbranched alkanes of at least 4 members (excludes halogenated alkanes) is 1. The third-order valence-electron chi connectivity index (χ3n) is 2.02. The molecule has 0 radical (unpaired) electrons. The highest BCUT2D eigenvalue weighted by Crippen LogP contribution is 2.21. The van der Waals surface area contributed by atoms with Gasteiger partial charge in [-0.1, -0.05) is 19.8 Å². The van der Waals surface area contributed by atoms with Crippen molar-refractivity contribution in [3.8, 4) is 0 Å². The number of carbonyl (C=O) groups excluding carboxylic acids is 1. The number of alkyl halides is 4. The number of hydrogen-bond acceptors (Lipinski definition) is 2. The van der Waals surface area contributed by atoms with Gasteiger partial charge in [0.15, 0.2) is 0 Å². The maximum Gasteiger partial charge on any atom is 0.324 e. The minimum Gasteiger partial charge on any atom is -0.348 e. The Balaban J connectivity index is 3.97. The molecular formula is C9H16F4N2O. The van der Waals surface area contributed by atoms with Gasteiger partial charge in [-0.05, 0) is 6.42 Å². The molecule has 0 rings (SSSR count). The molecule has 0 spiro atoms. The van der Waals surface area contributed by atoms with Crippen LogP contribution in [-0.2, 0) is 4.79 Å². The number of carbonyl (C=O) groups is 1. The van der Waals surface area contributed by atoms with E-state index < -0.39 is 30.8 Å². The summed E-state index contributed by atoms with van der Waals surface area (Å²) in [4.78, 5) is 11.1. The molecule has 3 N–H and O–H groups in total. The zero-order valence-electron chi connectivity index (χ0n) is 8.98. The standard InChI is InChI=1S/C9H16F4N2O/c1-2-3-4-6(14)7(16)15-5-9(12,13)8(10)11/h6,8H,2-5,14H2,1H3,(H,15,16)/t6-/m0/s1. The quantitative estimate of drug-likeness (QED) is 0.667. The Kier molecular flexibility index (Phi) is 6.32. The van der Waals surface area contributed by atoms with Crippen molar-refractivity contribution in [2.75, 3.05) is 6.54 Å². The summed E-state index contributed by atoms with van der Waals surface area (Å²) in [7, 11) is 0. The van der Waals surface area contributed by atoms with Gasteiger partial charge in [-0.25, -0.2) is 8.78 Å². The van der Waals surface area contributed by atoms with E-state index in [9.17, 15) is 22.4 Å². The van der Waals surface area contributed by atoms with Gasteiger partial charge in [-0.15, -0.1) is 0 Å². The summed E-state index contributed by atoms with van der Waals surface area (Å²) in [6, 6.07) is -0.923. The molecule has 1 amide bonds. The predicted molar refractivity (Wildman–Crippen MR) is 51.5 cm³/mol. The third-order valence-corrected chi connectivity index (χ3v) is 2.02. The Hall–Kier alpha value is -0.850. The van der Waals surface area contributed by atoms with E-state index in [1.54, 1.807) is 5.32 Å². The van der Waals surface area contributed by atoms with Gasteiger partial charge in [0.05, 0.1) is 12.6 Å². The fourth-order valence-corrected chi connectivity index (χ4v) is 0.968. The SMILES string of the molecule is CCCC[C@H](N)C(=O)NCC(F)(F)C(F)F. The van der Waals surface area contributed by atoms with Crippen LogP contribution in [-0.4, -0.2) is 30.8 Å². The first kappa shape index (κ1) is 15.2. The Morgan fingerprint density at radius 2 is 2.00 bits per heavy atom. The van der Waals surface area contributed by atoms with Crippen LogP contribution < -0.4 is 11.1 Å². The topological polar surface area (TPSA) is 55.1 Å². The second-order valence-electron chi connectivity index (χ2n) is 3.53. The Morgan fingerprint density at radius 1 is 1.44 bits per heavy atom. The summed E-state index contributed by atoms with van der Waals surface area (Å²) in [5.41, 5.74) is 5.36. The lowest BCUT2D eigenvalue weighted by Gasteiger charge is -2.17. The average Bonchev–Trinajstić information content (AvgIpc) is 2.22. The molecule has 0 aliphatic heterocycles. The van der Waals surface area contributed by atoms with E-state index in [4.69, 9.17) is 5.73 Å². The predicted octanol–water partition coefficient (Wildman–Crippen LogP) is 1.52. The van der Waals surface area contributed by atoms with Gasteiger partial charge in [-0.3, -0.25) is 4.79 Å². The molecule has 96 valence electrons. The third kappa shape index (κ3) is 5.29. The van der Waals surface area contributed by atoms with E-state index in [1.165, 1.54) is 0 Å². The number of nitrogens with two attached hydrogens (primary N) is 1. The molecule has 0 aromatic carbocycles. The van der Waals surface area contributed by atoms with Gasteiger partial charge in [-0.2, -0.15) is 8.78 Å². The number of nitrogens with one attached hydrogen (secondary N) is 1. The molecule has 16 heavy (non-hydrogen) atoms. The molecule has 0 aliphatic carbocycles. The summed E-state index contributed by atoms with van der Waals surface area (Å²) < 4.78 is 48.3. The van der Waals surface area contributed by atoms with E-state index in [2.05, 4.69) is 0 Å². The van der Waals surface area contributed by atoms with Crippen LogP contribution in [0.15, 0.2) is 0 Å². The zero-order chi connectivity index (χ0) is 12.8. The number of rotatable bonds is 7. The van der Waals surface area contributed by atoms with Crippen LogP contribution in [0.1, 0.15) is 26.2 Å². The summed E-state index contributed by atoms with van der Waals surface area (Å²) in [6.45, 7) is 0.499. The van der Waals surface area contributed by atoms with Gasteiger partial charge < -0.3 is 11.1 Å².